The van der Waals surface area contributed by atoms with Gasteiger partial charge in [0, 0.05) is 6.42 Å². The average molecular weight is 542 g/mol. The van der Waals surface area contributed by atoms with Crippen molar-refractivity contribution in [1.29, 1.82) is 0 Å². The lowest BCUT2D eigenvalue weighted by atomic mass is 10.3. The second-order valence-corrected chi connectivity index (χ2v) is 12.0. The summed E-state index contributed by atoms with van der Waals surface area (Å²) in [6, 6.07) is 10.0. The second-order valence-electron chi connectivity index (χ2n) is 7.32. The van der Waals surface area contributed by atoms with Crippen molar-refractivity contribution in [3.63, 3.8) is 0 Å². The fraction of sp³-hybridized carbons (Fsp3) is 0.286. The van der Waals surface area contributed by atoms with E-state index in [1.165, 1.54) is 61.3 Å². The van der Waals surface area contributed by atoms with E-state index < -0.39 is 31.7 Å². The van der Waals surface area contributed by atoms with Gasteiger partial charge in [0.05, 0.1) is 40.0 Å². The third-order valence-electron chi connectivity index (χ3n) is 4.94. The number of nitrogens with zero attached hydrogens (tertiary/aromatic N) is 2. The van der Waals surface area contributed by atoms with E-state index in [0.29, 0.717) is 16.0 Å². The van der Waals surface area contributed by atoms with Crippen LogP contribution in [0.1, 0.15) is 12.8 Å². The summed E-state index contributed by atoms with van der Waals surface area (Å²) in [7, 11) is -4.87. The first-order chi connectivity index (χ1) is 16.4. The van der Waals surface area contributed by atoms with Crippen LogP contribution in [0.4, 0.5) is 0 Å². The molecular formula is C21H23N3O8S3. The number of benzene rings is 2. The molecule has 0 spiro atoms. The van der Waals surface area contributed by atoms with Gasteiger partial charge in [-0.15, -0.1) is 0 Å². The van der Waals surface area contributed by atoms with E-state index in [4.69, 9.17) is 14.6 Å². The van der Waals surface area contributed by atoms with Gasteiger partial charge < -0.3 is 14.0 Å². The van der Waals surface area contributed by atoms with Crippen LogP contribution in [0.15, 0.2) is 57.2 Å². The SMILES string of the molecule is COC(=O)Cn1c(=NC(=O)CCCS(=O)(=O)c2ccc(OC)cc2)sc2cc(S(N)(=O)=O)ccc21. The van der Waals surface area contributed by atoms with E-state index in [2.05, 4.69) is 4.99 Å². The standard InChI is InChI=1S/C21H23N3O8S3/c1-31-14-5-7-15(8-6-14)34(27,28)11-3-4-19(25)23-21-24(13-20(26)32-2)17-10-9-16(35(22,29)30)12-18(17)33-21/h5-10,12H,3-4,11,13H2,1-2H3,(H2,22,29,30). The van der Waals surface area contributed by atoms with Gasteiger partial charge in [-0.3, -0.25) is 9.59 Å². The number of methoxy groups -OCH3 is 2. The fourth-order valence-electron chi connectivity index (χ4n) is 3.14. The Morgan fingerprint density at radius 2 is 1.69 bits per heavy atom. The molecule has 0 aliphatic heterocycles. The van der Waals surface area contributed by atoms with E-state index in [1.54, 1.807) is 0 Å². The molecule has 188 valence electrons. The highest BCUT2D eigenvalue weighted by atomic mass is 32.2. The highest BCUT2D eigenvalue weighted by Gasteiger charge is 2.17. The number of hydrogen-bond acceptors (Lipinski definition) is 9. The first-order valence-corrected chi connectivity index (χ1v) is 14.1. The Morgan fingerprint density at radius 3 is 2.29 bits per heavy atom. The monoisotopic (exact) mass is 541 g/mol. The number of aromatic nitrogens is 1. The molecule has 0 aliphatic carbocycles. The van der Waals surface area contributed by atoms with Crippen LogP contribution in [-0.2, 0) is 40.7 Å². The minimum absolute atomic E-state index is 0.0359. The quantitative estimate of drug-likeness (QED) is 0.395. The van der Waals surface area contributed by atoms with Gasteiger partial charge in [0.2, 0.25) is 15.9 Å². The largest absolute Gasteiger partial charge is 0.497 e. The molecule has 3 aromatic rings. The van der Waals surface area contributed by atoms with Crippen LogP contribution in [0, 0.1) is 0 Å². The van der Waals surface area contributed by atoms with Gasteiger partial charge >= 0.3 is 5.97 Å². The van der Waals surface area contributed by atoms with Crippen molar-refractivity contribution in [2.24, 2.45) is 10.1 Å². The predicted octanol–water partition coefficient (Wildman–Crippen LogP) is 1.21. The lowest BCUT2D eigenvalue weighted by Crippen LogP contribution is -2.22. The molecular weight excluding hydrogens is 518 g/mol. The van der Waals surface area contributed by atoms with Crippen LogP contribution >= 0.6 is 11.3 Å². The summed E-state index contributed by atoms with van der Waals surface area (Å²) < 4.78 is 60.0. The number of rotatable bonds is 9. The van der Waals surface area contributed by atoms with Crippen molar-refractivity contribution in [2.45, 2.75) is 29.2 Å². The number of hydrogen-bond donors (Lipinski definition) is 1. The Hall–Kier alpha value is -3.07. The minimum atomic E-state index is -3.96. The Morgan fingerprint density at radius 1 is 1.03 bits per heavy atom. The van der Waals surface area contributed by atoms with Crippen LogP contribution in [0.2, 0.25) is 0 Å². The molecule has 2 aromatic carbocycles. The smallest absolute Gasteiger partial charge is 0.325 e. The number of primary sulfonamides is 1. The van der Waals surface area contributed by atoms with E-state index in [9.17, 15) is 26.4 Å². The number of carbonyl (C=O) groups excluding carboxylic acids is 2. The number of sulfonamides is 1. The molecule has 0 aliphatic rings. The molecule has 0 radical (unpaired) electrons. The van der Waals surface area contributed by atoms with E-state index in [-0.39, 0.29) is 39.7 Å². The molecule has 0 unspecified atom stereocenters. The molecule has 35 heavy (non-hydrogen) atoms. The second kappa shape index (κ2) is 10.7. The van der Waals surface area contributed by atoms with Gasteiger partial charge in [-0.25, -0.2) is 22.0 Å². The summed E-state index contributed by atoms with van der Waals surface area (Å²) in [4.78, 5) is 28.6. The molecule has 0 atom stereocenters. The van der Waals surface area contributed by atoms with Crippen LogP contribution in [0.3, 0.4) is 0 Å². The summed E-state index contributed by atoms with van der Waals surface area (Å²) in [6.45, 7) is -0.261. The molecule has 14 heteroatoms. The normalized spacial score (nSPS) is 12.6. The average Bonchev–Trinajstić information content (AvgIpc) is 3.14. The highest BCUT2D eigenvalue weighted by molar-refractivity contribution is 7.91. The number of carbonyl (C=O) groups is 2. The molecule has 0 saturated heterocycles. The first kappa shape index (κ1) is 26.5. The Labute approximate surface area is 205 Å². The first-order valence-electron chi connectivity index (χ1n) is 10.1. The number of amides is 1. The maximum atomic E-state index is 12.5. The zero-order valence-electron chi connectivity index (χ0n) is 18.8. The molecule has 11 nitrogen and oxygen atoms in total. The number of esters is 1. The minimum Gasteiger partial charge on any atom is -0.497 e. The number of fused-ring (bicyclic) bond motifs is 1. The molecule has 1 aromatic heterocycles. The fourth-order valence-corrected chi connectivity index (χ4v) is 6.15. The summed E-state index contributed by atoms with van der Waals surface area (Å²) >= 11 is 0.992. The number of nitrogens with two attached hydrogens (primary N) is 1. The van der Waals surface area contributed by atoms with Gasteiger partial charge in [-0.1, -0.05) is 11.3 Å². The molecule has 0 fully saturated rings. The van der Waals surface area contributed by atoms with Crippen LogP contribution in [0.5, 0.6) is 5.75 Å². The van der Waals surface area contributed by atoms with Crippen molar-refractivity contribution in [1.82, 2.24) is 4.57 Å². The molecule has 2 N–H and O–H groups in total. The Balaban J connectivity index is 1.83. The summed E-state index contributed by atoms with van der Waals surface area (Å²) in [5.41, 5.74) is 0.460. The molecule has 0 saturated carbocycles. The highest BCUT2D eigenvalue weighted by Crippen LogP contribution is 2.22. The Bertz CT molecular complexity index is 1540. The number of thiazole rings is 1. The van der Waals surface area contributed by atoms with Crippen molar-refractivity contribution in [3.05, 3.63) is 47.3 Å². The van der Waals surface area contributed by atoms with E-state index in [1.807, 2.05) is 0 Å². The lowest BCUT2D eigenvalue weighted by Gasteiger charge is -2.05. The number of ether oxygens (including phenoxy) is 2. The van der Waals surface area contributed by atoms with Crippen LogP contribution < -0.4 is 14.7 Å². The summed E-state index contributed by atoms with van der Waals surface area (Å²) in [5.74, 6) is -0.920. The van der Waals surface area contributed by atoms with Crippen molar-refractivity contribution < 1.29 is 35.9 Å². The van der Waals surface area contributed by atoms with Crippen LogP contribution in [-0.4, -0.2) is 53.3 Å². The summed E-state index contributed by atoms with van der Waals surface area (Å²) in [5, 5.41) is 5.19. The predicted molar refractivity (Wildman–Crippen MR) is 128 cm³/mol. The van der Waals surface area contributed by atoms with Gasteiger partial charge in [0.15, 0.2) is 14.6 Å². The van der Waals surface area contributed by atoms with Gasteiger partial charge in [-0.05, 0) is 48.9 Å². The third-order valence-corrected chi connectivity index (χ3v) is 8.71. The zero-order chi connectivity index (χ0) is 25.8. The van der Waals surface area contributed by atoms with Crippen LogP contribution in [0.25, 0.3) is 10.2 Å². The maximum Gasteiger partial charge on any atom is 0.325 e. The molecule has 1 amide bonds. The lowest BCUT2D eigenvalue weighted by molar-refractivity contribution is -0.141. The summed E-state index contributed by atoms with van der Waals surface area (Å²) in [6.07, 6.45) is -0.113. The molecule has 3 rings (SSSR count). The molecule has 0 bridgehead atoms. The Kier molecular flexibility index (Phi) is 8.10. The van der Waals surface area contributed by atoms with Crippen molar-refractivity contribution in [3.8, 4) is 5.75 Å². The van der Waals surface area contributed by atoms with E-state index >= 15 is 0 Å². The van der Waals surface area contributed by atoms with Crippen molar-refractivity contribution in [2.75, 3.05) is 20.0 Å². The van der Waals surface area contributed by atoms with Gasteiger partial charge in [0.1, 0.15) is 12.3 Å². The zero-order valence-corrected chi connectivity index (χ0v) is 21.3. The molecule has 1 heterocycles. The maximum absolute atomic E-state index is 12.5. The number of sulfone groups is 1. The third kappa shape index (κ3) is 6.54. The van der Waals surface area contributed by atoms with Crippen molar-refractivity contribution >= 4 is 53.3 Å². The van der Waals surface area contributed by atoms with Gasteiger partial charge in [-0.2, -0.15) is 4.99 Å². The van der Waals surface area contributed by atoms with E-state index in [0.717, 1.165) is 11.3 Å². The topological polar surface area (TPSA) is 164 Å². The van der Waals surface area contributed by atoms with Gasteiger partial charge in [0.25, 0.3) is 0 Å².